The molecule has 2 nitrogen and oxygen atoms in total. The van der Waals surface area contributed by atoms with E-state index in [9.17, 15) is 0 Å². The minimum Gasteiger partial charge on any atom is -0.549 e. The first-order chi connectivity index (χ1) is 8.31. The summed E-state index contributed by atoms with van der Waals surface area (Å²) in [6.45, 7) is 9.64. The van der Waals surface area contributed by atoms with Crippen molar-refractivity contribution in [2.45, 2.75) is 25.8 Å². The number of hydrogen-bond acceptors (Lipinski definition) is 2. The molecule has 0 aliphatic rings. The summed E-state index contributed by atoms with van der Waals surface area (Å²) >= 11 is 0. The molecular weight excluding hydrogens is 228 g/mol. The predicted octanol–water partition coefficient (Wildman–Crippen LogP) is 3.03. The Hall–Kier alpha value is -1.06. The summed E-state index contributed by atoms with van der Waals surface area (Å²) in [4.78, 5) is 0. The first-order valence-corrected chi connectivity index (χ1v) is 7.63. The standard InChI is InChI=1S/C14H22O2Si/c1-4-12-9-7-8-10-14(12)16-17-13(5-2)11-15-6-3/h4,7-10,13H,1,5-6,11,17H2,2-3H3. The van der Waals surface area contributed by atoms with Crippen molar-refractivity contribution in [2.24, 2.45) is 0 Å². The molecule has 0 aromatic heterocycles. The van der Waals surface area contributed by atoms with Crippen molar-refractivity contribution < 1.29 is 9.16 Å². The molecule has 1 aromatic rings. The normalized spacial score (nSPS) is 12.8. The van der Waals surface area contributed by atoms with E-state index < -0.39 is 9.76 Å². The molecule has 1 unspecified atom stereocenters. The quantitative estimate of drug-likeness (QED) is 0.660. The van der Waals surface area contributed by atoms with Gasteiger partial charge in [-0.05, 0) is 13.0 Å². The van der Waals surface area contributed by atoms with Crippen LogP contribution >= 0.6 is 0 Å². The Morgan fingerprint density at radius 2 is 2.12 bits per heavy atom. The molecule has 0 amide bonds. The lowest BCUT2D eigenvalue weighted by Gasteiger charge is -2.16. The SMILES string of the molecule is C=Cc1ccccc1O[SiH2]C(CC)COCC. The van der Waals surface area contributed by atoms with E-state index in [-0.39, 0.29) is 0 Å². The van der Waals surface area contributed by atoms with E-state index in [1.807, 2.05) is 37.3 Å². The lowest BCUT2D eigenvalue weighted by Crippen LogP contribution is -2.16. The summed E-state index contributed by atoms with van der Waals surface area (Å²) in [6, 6.07) is 8.04. The fourth-order valence-corrected chi connectivity index (χ4v) is 2.73. The summed E-state index contributed by atoms with van der Waals surface area (Å²) in [5.74, 6) is 0.962. The molecule has 0 aliphatic carbocycles. The zero-order valence-corrected chi connectivity index (χ0v) is 12.2. The van der Waals surface area contributed by atoms with Gasteiger partial charge in [0.05, 0.1) is 0 Å². The second-order valence-corrected chi connectivity index (χ2v) is 5.76. The largest absolute Gasteiger partial charge is 0.549 e. The van der Waals surface area contributed by atoms with Gasteiger partial charge in [0.1, 0.15) is 5.75 Å². The maximum atomic E-state index is 5.97. The minimum absolute atomic E-state index is 0.591. The second-order valence-electron chi connectivity index (χ2n) is 3.99. The molecule has 17 heavy (non-hydrogen) atoms. The van der Waals surface area contributed by atoms with Gasteiger partial charge in [-0.25, -0.2) is 0 Å². The van der Waals surface area contributed by atoms with Crippen LogP contribution in [0.3, 0.4) is 0 Å². The van der Waals surface area contributed by atoms with E-state index >= 15 is 0 Å². The van der Waals surface area contributed by atoms with Crippen molar-refractivity contribution in [1.82, 2.24) is 0 Å². The van der Waals surface area contributed by atoms with Crippen LogP contribution in [0.25, 0.3) is 6.08 Å². The third-order valence-electron chi connectivity index (χ3n) is 2.75. The molecule has 0 fully saturated rings. The lowest BCUT2D eigenvalue weighted by atomic mass is 10.2. The monoisotopic (exact) mass is 250 g/mol. The first kappa shape index (κ1) is 14.0. The van der Waals surface area contributed by atoms with Crippen molar-refractivity contribution >= 4 is 15.8 Å². The molecule has 0 aliphatic heterocycles. The van der Waals surface area contributed by atoms with Crippen LogP contribution in [-0.2, 0) is 4.74 Å². The highest BCUT2D eigenvalue weighted by Crippen LogP contribution is 2.20. The highest BCUT2D eigenvalue weighted by atomic mass is 28.2. The van der Waals surface area contributed by atoms with Crippen LogP contribution in [0.1, 0.15) is 25.8 Å². The van der Waals surface area contributed by atoms with Crippen LogP contribution in [0, 0.1) is 0 Å². The van der Waals surface area contributed by atoms with Crippen LogP contribution in [0.15, 0.2) is 30.8 Å². The molecule has 0 bridgehead atoms. The Morgan fingerprint density at radius 1 is 1.35 bits per heavy atom. The smallest absolute Gasteiger partial charge is 0.224 e. The number of benzene rings is 1. The summed E-state index contributed by atoms with van der Waals surface area (Å²) in [5.41, 5.74) is 1.67. The summed E-state index contributed by atoms with van der Waals surface area (Å²) in [5, 5.41) is 0. The molecule has 1 rings (SSSR count). The Morgan fingerprint density at radius 3 is 2.76 bits per heavy atom. The maximum absolute atomic E-state index is 5.97. The Bertz CT molecular complexity index is 339. The van der Waals surface area contributed by atoms with Gasteiger partial charge in [0, 0.05) is 24.3 Å². The Balaban J connectivity index is 2.50. The van der Waals surface area contributed by atoms with Gasteiger partial charge in [0.25, 0.3) is 0 Å². The summed E-state index contributed by atoms with van der Waals surface area (Å²) in [6.07, 6.45) is 2.97. The maximum Gasteiger partial charge on any atom is 0.224 e. The summed E-state index contributed by atoms with van der Waals surface area (Å²) < 4.78 is 11.4. The minimum atomic E-state index is -0.597. The number of ether oxygens (including phenoxy) is 1. The molecule has 0 spiro atoms. The fourth-order valence-electron chi connectivity index (χ4n) is 1.56. The van der Waals surface area contributed by atoms with Crippen LogP contribution in [0.2, 0.25) is 5.54 Å². The molecule has 1 atom stereocenters. The average Bonchev–Trinajstić information content (AvgIpc) is 2.39. The van der Waals surface area contributed by atoms with E-state index in [1.54, 1.807) is 0 Å². The van der Waals surface area contributed by atoms with E-state index in [1.165, 1.54) is 0 Å². The predicted molar refractivity (Wildman–Crippen MR) is 76.2 cm³/mol. The third-order valence-corrected chi connectivity index (χ3v) is 4.51. The number of rotatable bonds is 8. The van der Waals surface area contributed by atoms with Crippen molar-refractivity contribution in [3.05, 3.63) is 36.4 Å². The fraction of sp³-hybridized carbons (Fsp3) is 0.429. The molecule has 94 valence electrons. The van der Waals surface area contributed by atoms with E-state index in [0.29, 0.717) is 5.54 Å². The van der Waals surface area contributed by atoms with Crippen LogP contribution in [-0.4, -0.2) is 23.0 Å². The van der Waals surface area contributed by atoms with Gasteiger partial charge in [-0.1, -0.05) is 44.2 Å². The van der Waals surface area contributed by atoms with E-state index in [0.717, 1.165) is 30.9 Å². The van der Waals surface area contributed by atoms with E-state index in [2.05, 4.69) is 13.5 Å². The molecular formula is C14H22O2Si. The molecule has 0 saturated carbocycles. The molecule has 0 radical (unpaired) electrons. The van der Waals surface area contributed by atoms with E-state index in [4.69, 9.17) is 9.16 Å². The van der Waals surface area contributed by atoms with Gasteiger partial charge in [0.2, 0.25) is 9.76 Å². The van der Waals surface area contributed by atoms with Gasteiger partial charge in [-0.3, -0.25) is 0 Å². The van der Waals surface area contributed by atoms with Crippen molar-refractivity contribution in [3.63, 3.8) is 0 Å². The van der Waals surface area contributed by atoms with Crippen LogP contribution < -0.4 is 4.43 Å². The van der Waals surface area contributed by atoms with Gasteiger partial charge in [-0.15, -0.1) is 0 Å². The highest BCUT2D eigenvalue weighted by molar-refractivity contribution is 6.30. The molecule has 1 aromatic carbocycles. The zero-order valence-electron chi connectivity index (χ0n) is 10.8. The van der Waals surface area contributed by atoms with Gasteiger partial charge < -0.3 is 9.16 Å². The number of para-hydroxylation sites is 1. The second kappa shape index (κ2) is 8.09. The third kappa shape index (κ3) is 4.75. The Labute approximate surface area is 107 Å². The topological polar surface area (TPSA) is 18.5 Å². The van der Waals surface area contributed by atoms with Crippen LogP contribution in [0.5, 0.6) is 5.75 Å². The molecule has 0 heterocycles. The molecule has 3 heteroatoms. The molecule has 0 N–H and O–H groups in total. The van der Waals surface area contributed by atoms with Crippen LogP contribution in [0.4, 0.5) is 0 Å². The van der Waals surface area contributed by atoms with Gasteiger partial charge in [0.15, 0.2) is 0 Å². The first-order valence-electron chi connectivity index (χ1n) is 6.23. The Kier molecular flexibility index (Phi) is 6.66. The summed E-state index contributed by atoms with van der Waals surface area (Å²) in [7, 11) is -0.597. The zero-order chi connectivity index (χ0) is 12.5. The van der Waals surface area contributed by atoms with Crippen molar-refractivity contribution in [3.8, 4) is 5.75 Å². The van der Waals surface area contributed by atoms with Gasteiger partial charge >= 0.3 is 0 Å². The number of hydrogen-bond donors (Lipinski definition) is 0. The van der Waals surface area contributed by atoms with Gasteiger partial charge in [-0.2, -0.15) is 0 Å². The lowest BCUT2D eigenvalue weighted by molar-refractivity contribution is 0.142. The van der Waals surface area contributed by atoms with Crippen molar-refractivity contribution in [2.75, 3.05) is 13.2 Å². The van der Waals surface area contributed by atoms with Crippen molar-refractivity contribution in [1.29, 1.82) is 0 Å². The molecule has 0 saturated heterocycles. The highest BCUT2D eigenvalue weighted by Gasteiger charge is 2.09. The average molecular weight is 250 g/mol.